The number of nitrogens with one attached hydrogen (secondary N) is 1. The number of halogens is 1. The fraction of sp³-hybridized carbons (Fsp3) is 0.409. The Morgan fingerprint density at radius 3 is 2.18 bits per heavy atom. The van der Waals surface area contributed by atoms with Crippen molar-refractivity contribution >= 4 is 48.9 Å². The van der Waals surface area contributed by atoms with E-state index < -0.39 is 32.5 Å². The zero-order valence-corrected chi connectivity index (χ0v) is 21.0. The third-order valence-corrected chi connectivity index (χ3v) is 8.99. The Balaban J connectivity index is 1.74. The van der Waals surface area contributed by atoms with Crippen LogP contribution in [0, 0.1) is 6.92 Å². The van der Waals surface area contributed by atoms with E-state index in [4.69, 9.17) is 11.6 Å². The van der Waals surface area contributed by atoms with Crippen LogP contribution >= 0.6 is 11.6 Å². The van der Waals surface area contributed by atoms with Crippen molar-refractivity contribution in [2.75, 3.05) is 35.5 Å². The first-order valence-electron chi connectivity index (χ1n) is 10.6. The second kappa shape index (κ2) is 10.4. The zero-order valence-electron chi connectivity index (χ0n) is 18.6. The lowest BCUT2D eigenvalue weighted by molar-refractivity contribution is -0.114. The minimum absolute atomic E-state index is 0.162. The van der Waals surface area contributed by atoms with Crippen molar-refractivity contribution in [2.45, 2.75) is 37.5 Å². The average molecular weight is 514 g/mol. The van der Waals surface area contributed by atoms with Crippen molar-refractivity contribution in [2.24, 2.45) is 0 Å². The first-order valence-corrected chi connectivity index (χ1v) is 14.3. The van der Waals surface area contributed by atoms with Crippen LogP contribution in [0.1, 0.15) is 31.2 Å². The molecule has 1 N–H and O–H groups in total. The van der Waals surface area contributed by atoms with Crippen LogP contribution in [-0.4, -0.2) is 52.9 Å². The number of nitrogens with zero attached hydrogens (tertiary/aromatic N) is 2. The molecular formula is C22H28ClN3O5S2. The van der Waals surface area contributed by atoms with E-state index in [1.54, 1.807) is 25.1 Å². The van der Waals surface area contributed by atoms with E-state index in [0.29, 0.717) is 35.1 Å². The monoisotopic (exact) mass is 513 g/mol. The zero-order chi connectivity index (χ0) is 24.2. The van der Waals surface area contributed by atoms with Crippen LogP contribution in [0.2, 0.25) is 5.02 Å². The molecule has 1 aliphatic rings. The minimum atomic E-state index is -3.76. The van der Waals surface area contributed by atoms with Crippen LogP contribution in [0.15, 0.2) is 47.4 Å². The van der Waals surface area contributed by atoms with Crippen molar-refractivity contribution in [3.8, 4) is 0 Å². The number of rotatable bonds is 7. The molecule has 1 fully saturated rings. The molecule has 3 rings (SSSR count). The first-order chi connectivity index (χ1) is 15.5. The lowest BCUT2D eigenvalue weighted by atomic mass is 10.2. The molecule has 0 atom stereocenters. The van der Waals surface area contributed by atoms with E-state index in [1.165, 1.54) is 28.6 Å². The predicted octanol–water partition coefficient (Wildman–Crippen LogP) is 3.62. The Labute approximate surface area is 200 Å². The van der Waals surface area contributed by atoms with Gasteiger partial charge in [-0.1, -0.05) is 30.5 Å². The largest absolute Gasteiger partial charge is 0.325 e. The molecule has 2 aromatic rings. The molecule has 180 valence electrons. The van der Waals surface area contributed by atoms with Crippen molar-refractivity contribution in [1.29, 1.82) is 0 Å². The number of hydrogen-bond donors (Lipinski definition) is 1. The lowest BCUT2D eigenvalue weighted by Crippen LogP contribution is -2.37. The number of anilines is 2. The predicted molar refractivity (Wildman–Crippen MR) is 131 cm³/mol. The van der Waals surface area contributed by atoms with Gasteiger partial charge in [-0.05, 0) is 61.7 Å². The van der Waals surface area contributed by atoms with E-state index in [9.17, 15) is 21.6 Å². The minimum Gasteiger partial charge on any atom is -0.325 e. The highest BCUT2D eigenvalue weighted by Crippen LogP contribution is 2.28. The number of sulfonamides is 2. The van der Waals surface area contributed by atoms with Crippen molar-refractivity contribution in [3.63, 3.8) is 0 Å². The molecule has 0 aromatic heterocycles. The Morgan fingerprint density at radius 1 is 1.00 bits per heavy atom. The molecule has 1 heterocycles. The quantitative estimate of drug-likeness (QED) is 0.609. The third-order valence-electron chi connectivity index (χ3n) is 5.54. The summed E-state index contributed by atoms with van der Waals surface area (Å²) >= 11 is 6.12. The number of amides is 1. The van der Waals surface area contributed by atoms with Gasteiger partial charge in [0.1, 0.15) is 6.54 Å². The highest BCUT2D eigenvalue weighted by Gasteiger charge is 2.26. The molecule has 11 heteroatoms. The second-order valence-electron chi connectivity index (χ2n) is 8.04. The first kappa shape index (κ1) is 25.5. The molecule has 0 aliphatic carbocycles. The SMILES string of the molecule is Cc1c(Cl)cccc1N(CC(=O)Nc1ccc(S(=O)(=O)N2CCCCCC2)cc1)S(C)(=O)=O. The number of carbonyl (C=O) groups is 1. The van der Waals surface area contributed by atoms with Gasteiger partial charge in [-0.2, -0.15) is 4.31 Å². The van der Waals surface area contributed by atoms with E-state index in [2.05, 4.69) is 5.32 Å². The van der Waals surface area contributed by atoms with E-state index in [1.807, 2.05) is 0 Å². The van der Waals surface area contributed by atoms with Crippen molar-refractivity contribution in [1.82, 2.24) is 4.31 Å². The van der Waals surface area contributed by atoms with Gasteiger partial charge >= 0.3 is 0 Å². The summed E-state index contributed by atoms with van der Waals surface area (Å²) in [5.41, 5.74) is 1.23. The lowest BCUT2D eigenvalue weighted by Gasteiger charge is -2.24. The molecule has 1 aliphatic heterocycles. The number of carbonyl (C=O) groups excluding carboxylic acids is 1. The van der Waals surface area contributed by atoms with E-state index in [-0.39, 0.29) is 4.90 Å². The summed E-state index contributed by atoms with van der Waals surface area (Å²) in [5.74, 6) is -0.567. The van der Waals surface area contributed by atoms with E-state index in [0.717, 1.165) is 36.2 Å². The number of benzene rings is 2. The summed E-state index contributed by atoms with van der Waals surface area (Å²) in [6.45, 7) is 2.24. The standard InChI is InChI=1S/C22H28ClN3O5S2/c1-17-20(23)8-7-9-21(17)26(32(2,28)29)16-22(27)24-18-10-12-19(13-11-18)33(30,31)25-14-5-3-4-6-15-25/h7-13H,3-6,14-16H2,1-2H3,(H,24,27). The van der Waals surface area contributed by atoms with Crippen LogP contribution in [0.4, 0.5) is 11.4 Å². The summed E-state index contributed by atoms with van der Waals surface area (Å²) in [5, 5.41) is 3.02. The topological polar surface area (TPSA) is 104 Å². The third kappa shape index (κ3) is 6.26. The van der Waals surface area contributed by atoms with Crippen LogP contribution in [0.5, 0.6) is 0 Å². The normalized spacial score (nSPS) is 15.6. The molecule has 0 spiro atoms. The van der Waals surface area contributed by atoms with Crippen LogP contribution in [0.3, 0.4) is 0 Å². The Bertz CT molecular complexity index is 1210. The van der Waals surface area contributed by atoms with Crippen LogP contribution < -0.4 is 9.62 Å². The van der Waals surface area contributed by atoms with Gasteiger partial charge in [-0.15, -0.1) is 0 Å². The van der Waals surface area contributed by atoms with Crippen LogP contribution in [-0.2, 0) is 24.8 Å². The molecule has 2 aromatic carbocycles. The van der Waals surface area contributed by atoms with Crippen LogP contribution in [0.25, 0.3) is 0 Å². The highest BCUT2D eigenvalue weighted by molar-refractivity contribution is 7.92. The molecule has 0 saturated carbocycles. The number of hydrogen-bond acceptors (Lipinski definition) is 5. The van der Waals surface area contributed by atoms with Gasteiger partial charge in [-0.3, -0.25) is 9.10 Å². The molecule has 0 unspecified atom stereocenters. The smallest absolute Gasteiger partial charge is 0.245 e. The molecule has 0 bridgehead atoms. The molecule has 33 heavy (non-hydrogen) atoms. The second-order valence-corrected chi connectivity index (χ2v) is 12.3. The fourth-order valence-electron chi connectivity index (χ4n) is 3.72. The Morgan fingerprint density at radius 2 is 1.61 bits per heavy atom. The van der Waals surface area contributed by atoms with Crippen molar-refractivity contribution < 1.29 is 21.6 Å². The molecule has 1 amide bonds. The Hall–Kier alpha value is -2.14. The highest BCUT2D eigenvalue weighted by atomic mass is 35.5. The summed E-state index contributed by atoms with van der Waals surface area (Å²) < 4.78 is 53.0. The summed E-state index contributed by atoms with van der Waals surface area (Å²) in [6, 6.07) is 10.7. The maximum Gasteiger partial charge on any atom is 0.245 e. The van der Waals surface area contributed by atoms with E-state index >= 15 is 0 Å². The maximum absolute atomic E-state index is 12.9. The van der Waals surface area contributed by atoms with Gasteiger partial charge in [0.2, 0.25) is 26.0 Å². The molecule has 0 radical (unpaired) electrons. The van der Waals surface area contributed by atoms with Gasteiger partial charge in [-0.25, -0.2) is 16.8 Å². The van der Waals surface area contributed by atoms with Gasteiger partial charge in [0.25, 0.3) is 0 Å². The van der Waals surface area contributed by atoms with Gasteiger partial charge in [0, 0.05) is 23.8 Å². The van der Waals surface area contributed by atoms with Crippen molar-refractivity contribution in [3.05, 3.63) is 53.1 Å². The molecular weight excluding hydrogens is 486 g/mol. The molecule has 1 saturated heterocycles. The van der Waals surface area contributed by atoms with Gasteiger partial charge in [0.05, 0.1) is 16.8 Å². The maximum atomic E-state index is 12.9. The fourth-order valence-corrected chi connectivity index (χ4v) is 6.31. The van der Waals surface area contributed by atoms with Gasteiger partial charge in [0.15, 0.2) is 0 Å². The Kier molecular flexibility index (Phi) is 8.04. The summed E-state index contributed by atoms with van der Waals surface area (Å²) in [4.78, 5) is 12.8. The van der Waals surface area contributed by atoms with Gasteiger partial charge < -0.3 is 5.32 Å². The summed E-state index contributed by atoms with van der Waals surface area (Å²) in [7, 11) is -7.35. The average Bonchev–Trinajstić information content (AvgIpc) is 3.04. The summed E-state index contributed by atoms with van der Waals surface area (Å²) in [6.07, 6.45) is 4.75. The molecule has 8 nitrogen and oxygen atoms in total.